The van der Waals surface area contributed by atoms with Gasteiger partial charge in [-0.2, -0.15) is 0 Å². The summed E-state index contributed by atoms with van der Waals surface area (Å²) in [5.74, 6) is 0. The van der Waals surface area contributed by atoms with Crippen molar-refractivity contribution < 1.29 is 0 Å². The molecule has 2 nitrogen and oxygen atoms in total. The highest BCUT2D eigenvalue weighted by Crippen LogP contribution is 2.38. The SMILES string of the molecule is CCN1c2ccc(C=Nc3ccc(Cl)cc3)cc2C(C)=CC1(C)C. The van der Waals surface area contributed by atoms with Crippen molar-refractivity contribution >= 4 is 34.8 Å². The molecule has 1 aliphatic heterocycles. The van der Waals surface area contributed by atoms with Crippen molar-refractivity contribution in [2.45, 2.75) is 33.2 Å². The number of aliphatic imine (C=N–C) groups is 1. The Labute approximate surface area is 149 Å². The standard InChI is InChI=1S/C21H23ClN2/c1-5-24-20-11-6-16(12-19(20)15(2)13-21(24,3)4)14-23-18-9-7-17(22)8-10-18/h6-14H,5H2,1-4H3. The number of allylic oxidation sites excluding steroid dienone is 1. The molecule has 1 aliphatic rings. The smallest absolute Gasteiger partial charge is 0.0630 e. The normalized spacial score (nSPS) is 16.2. The number of benzene rings is 2. The van der Waals surface area contributed by atoms with Crippen LogP contribution < -0.4 is 4.90 Å². The zero-order valence-electron chi connectivity index (χ0n) is 14.7. The molecule has 0 aliphatic carbocycles. The van der Waals surface area contributed by atoms with Gasteiger partial charge in [0, 0.05) is 29.0 Å². The Hall–Kier alpha value is -2.06. The first-order valence-corrected chi connectivity index (χ1v) is 8.69. The maximum absolute atomic E-state index is 5.91. The highest BCUT2D eigenvalue weighted by atomic mass is 35.5. The van der Waals surface area contributed by atoms with Crippen LogP contribution in [0.4, 0.5) is 11.4 Å². The number of likely N-dealkylation sites (N-methyl/N-ethyl adjacent to an activating group) is 1. The number of anilines is 1. The molecule has 0 bridgehead atoms. The summed E-state index contributed by atoms with van der Waals surface area (Å²) in [5, 5.41) is 0.728. The van der Waals surface area contributed by atoms with Gasteiger partial charge in [-0.25, -0.2) is 0 Å². The molecular weight excluding hydrogens is 316 g/mol. The van der Waals surface area contributed by atoms with Crippen LogP contribution in [0.1, 0.15) is 38.8 Å². The number of halogens is 1. The van der Waals surface area contributed by atoms with Crippen LogP contribution in [0.5, 0.6) is 0 Å². The van der Waals surface area contributed by atoms with Crippen LogP contribution in [0.15, 0.2) is 53.5 Å². The van der Waals surface area contributed by atoms with E-state index in [-0.39, 0.29) is 5.54 Å². The van der Waals surface area contributed by atoms with Crippen LogP contribution in [-0.2, 0) is 0 Å². The van der Waals surface area contributed by atoms with Gasteiger partial charge >= 0.3 is 0 Å². The summed E-state index contributed by atoms with van der Waals surface area (Å²) in [6.45, 7) is 9.91. The molecule has 0 atom stereocenters. The van der Waals surface area contributed by atoms with Crippen molar-refractivity contribution in [3.63, 3.8) is 0 Å². The predicted molar refractivity (Wildman–Crippen MR) is 106 cm³/mol. The summed E-state index contributed by atoms with van der Waals surface area (Å²) < 4.78 is 0. The van der Waals surface area contributed by atoms with Gasteiger partial charge in [-0.3, -0.25) is 4.99 Å². The maximum Gasteiger partial charge on any atom is 0.0630 e. The number of rotatable bonds is 3. The molecule has 24 heavy (non-hydrogen) atoms. The molecule has 1 heterocycles. The Morgan fingerprint density at radius 3 is 2.50 bits per heavy atom. The van der Waals surface area contributed by atoms with Crippen molar-refractivity contribution in [2.75, 3.05) is 11.4 Å². The van der Waals surface area contributed by atoms with Crippen molar-refractivity contribution in [3.8, 4) is 0 Å². The largest absolute Gasteiger partial charge is 0.363 e. The van der Waals surface area contributed by atoms with Gasteiger partial charge < -0.3 is 4.90 Å². The van der Waals surface area contributed by atoms with Crippen molar-refractivity contribution in [3.05, 3.63) is 64.7 Å². The van der Waals surface area contributed by atoms with Crippen molar-refractivity contribution in [1.82, 2.24) is 0 Å². The number of fused-ring (bicyclic) bond motifs is 1. The van der Waals surface area contributed by atoms with E-state index in [0.29, 0.717) is 0 Å². The quantitative estimate of drug-likeness (QED) is 0.616. The van der Waals surface area contributed by atoms with Crippen LogP contribution in [-0.4, -0.2) is 18.3 Å². The summed E-state index contributed by atoms with van der Waals surface area (Å²) >= 11 is 5.91. The summed E-state index contributed by atoms with van der Waals surface area (Å²) in [5.41, 5.74) is 5.96. The molecule has 3 heteroatoms. The van der Waals surface area contributed by atoms with Gasteiger partial charge in [0.25, 0.3) is 0 Å². The lowest BCUT2D eigenvalue weighted by Gasteiger charge is -2.42. The summed E-state index contributed by atoms with van der Waals surface area (Å²) in [4.78, 5) is 6.98. The second kappa shape index (κ2) is 6.45. The third kappa shape index (κ3) is 3.25. The van der Waals surface area contributed by atoms with Crippen LogP contribution in [0.2, 0.25) is 5.02 Å². The number of hydrogen-bond donors (Lipinski definition) is 0. The molecule has 0 saturated carbocycles. The first-order chi connectivity index (χ1) is 11.4. The molecule has 2 aromatic carbocycles. The van der Waals surface area contributed by atoms with E-state index in [1.807, 2.05) is 30.5 Å². The third-order valence-corrected chi connectivity index (χ3v) is 4.76. The Morgan fingerprint density at radius 2 is 1.83 bits per heavy atom. The minimum absolute atomic E-state index is 0.0464. The lowest BCUT2D eigenvalue weighted by Crippen LogP contribution is -2.44. The zero-order chi connectivity index (χ0) is 17.3. The summed E-state index contributed by atoms with van der Waals surface area (Å²) in [7, 11) is 0. The van der Waals surface area contributed by atoms with E-state index < -0.39 is 0 Å². The van der Waals surface area contributed by atoms with Crippen LogP contribution in [0.25, 0.3) is 5.57 Å². The minimum atomic E-state index is 0.0464. The van der Waals surface area contributed by atoms with E-state index in [1.54, 1.807) is 0 Å². The average Bonchev–Trinajstić information content (AvgIpc) is 2.54. The van der Waals surface area contributed by atoms with Crippen LogP contribution in [0, 0.1) is 0 Å². The van der Waals surface area contributed by atoms with Crippen LogP contribution in [0.3, 0.4) is 0 Å². The van der Waals surface area contributed by atoms with Crippen LogP contribution >= 0.6 is 11.6 Å². The highest BCUT2D eigenvalue weighted by molar-refractivity contribution is 6.30. The van der Waals surface area contributed by atoms with E-state index in [9.17, 15) is 0 Å². The fourth-order valence-electron chi connectivity index (χ4n) is 3.44. The Bertz CT molecular complexity index is 801. The van der Waals surface area contributed by atoms with E-state index in [0.717, 1.165) is 22.8 Å². The highest BCUT2D eigenvalue weighted by Gasteiger charge is 2.29. The first kappa shape index (κ1) is 16.8. The van der Waals surface area contributed by atoms with Gasteiger partial charge in [-0.15, -0.1) is 0 Å². The molecule has 0 amide bonds. The minimum Gasteiger partial charge on any atom is -0.363 e. The lowest BCUT2D eigenvalue weighted by atomic mass is 9.88. The van der Waals surface area contributed by atoms with E-state index in [2.05, 4.69) is 61.9 Å². The predicted octanol–water partition coefficient (Wildman–Crippen LogP) is 6.11. The fraction of sp³-hybridized carbons (Fsp3) is 0.286. The molecular formula is C21H23ClN2. The number of hydrogen-bond acceptors (Lipinski definition) is 2. The molecule has 0 saturated heterocycles. The van der Waals surface area contributed by atoms with E-state index in [1.165, 1.54) is 16.8 Å². The van der Waals surface area contributed by atoms with E-state index >= 15 is 0 Å². The summed E-state index contributed by atoms with van der Waals surface area (Å²) in [6, 6.07) is 14.1. The molecule has 124 valence electrons. The van der Waals surface area contributed by atoms with E-state index in [4.69, 9.17) is 11.6 Å². The van der Waals surface area contributed by atoms with Crippen molar-refractivity contribution in [1.29, 1.82) is 0 Å². The first-order valence-electron chi connectivity index (χ1n) is 8.32. The summed E-state index contributed by atoms with van der Waals surface area (Å²) in [6.07, 6.45) is 4.26. The molecule has 0 unspecified atom stereocenters. The van der Waals surface area contributed by atoms with Gasteiger partial charge in [0.05, 0.1) is 11.2 Å². The third-order valence-electron chi connectivity index (χ3n) is 4.51. The topological polar surface area (TPSA) is 15.6 Å². The molecule has 3 rings (SSSR count). The molecule has 2 aromatic rings. The molecule has 0 spiro atoms. The zero-order valence-corrected chi connectivity index (χ0v) is 15.4. The fourth-order valence-corrected chi connectivity index (χ4v) is 3.56. The monoisotopic (exact) mass is 338 g/mol. The van der Waals surface area contributed by atoms with Gasteiger partial charge in [-0.1, -0.05) is 23.7 Å². The second-order valence-electron chi connectivity index (χ2n) is 6.74. The van der Waals surface area contributed by atoms with Gasteiger partial charge in [0.1, 0.15) is 0 Å². The van der Waals surface area contributed by atoms with Gasteiger partial charge in [0.2, 0.25) is 0 Å². The number of nitrogens with zero attached hydrogens (tertiary/aromatic N) is 2. The Balaban J connectivity index is 1.94. The molecule has 0 radical (unpaired) electrons. The average molecular weight is 339 g/mol. The second-order valence-corrected chi connectivity index (χ2v) is 7.17. The maximum atomic E-state index is 5.91. The van der Waals surface area contributed by atoms with Gasteiger partial charge in [-0.05, 0) is 75.2 Å². The molecule has 0 fully saturated rings. The molecule has 0 aromatic heterocycles. The Kier molecular flexibility index (Phi) is 4.51. The van der Waals surface area contributed by atoms with Crippen molar-refractivity contribution in [2.24, 2.45) is 4.99 Å². The van der Waals surface area contributed by atoms with Gasteiger partial charge in [0.15, 0.2) is 0 Å². The Morgan fingerprint density at radius 1 is 1.12 bits per heavy atom. The lowest BCUT2D eigenvalue weighted by molar-refractivity contribution is 0.566. The molecule has 0 N–H and O–H groups in total.